The minimum atomic E-state index is -0.476. The molecule has 1 unspecified atom stereocenters. The molecular weight excluding hydrogens is 363 g/mol. The molecule has 25 heavy (non-hydrogen) atoms. The van der Waals surface area contributed by atoms with E-state index in [4.69, 9.17) is 23.2 Å². The molecule has 1 aromatic carbocycles. The summed E-state index contributed by atoms with van der Waals surface area (Å²) in [6, 6.07) is 6.98. The van der Waals surface area contributed by atoms with Crippen molar-refractivity contribution >= 4 is 35.1 Å². The summed E-state index contributed by atoms with van der Waals surface area (Å²) in [5.74, 6) is 0.00201. The summed E-state index contributed by atoms with van der Waals surface area (Å²) in [5.41, 5.74) is 1.03. The molecule has 0 saturated heterocycles. The number of nitrogens with one attached hydrogen (secondary N) is 1. The first-order valence-electron chi connectivity index (χ1n) is 7.69. The van der Waals surface area contributed by atoms with Gasteiger partial charge in [-0.25, -0.2) is 9.67 Å². The second kappa shape index (κ2) is 7.67. The Kier molecular flexibility index (Phi) is 5.35. The number of hydrogen-bond acceptors (Lipinski definition) is 4. The number of hydrogen-bond donors (Lipinski definition) is 1. The van der Waals surface area contributed by atoms with Gasteiger partial charge in [0.15, 0.2) is 0 Å². The van der Waals surface area contributed by atoms with E-state index >= 15 is 0 Å². The highest BCUT2D eigenvalue weighted by molar-refractivity contribution is 6.30. The van der Waals surface area contributed by atoms with Gasteiger partial charge >= 0.3 is 0 Å². The minimum Gasteiger partial charge on any atom is -0.291 e. The fraction of sp³-hybridized carbons (Fsp3) is 0.250. The van der Waals surface area contributed by atoms with Gasteiger partial charge in [0.2, 0.25) is 5.95 Å². The molecule has 0 aliphatic heterocycles. The zero-order chi connectivity index (χ0) is 17.8. The molecule has 0 saturated carbocycles. The lowest BCUT2D eigenvalue weighted by atomic mass is 10.2. The SMILES string of the molecule is CCC(C(=O)Nc1ncn(Cc2ccc(Cl)cc2)n1)n1cc(Cl)cn1. The second-order valence-electron chi connectivity index (χ2n) is 5.44. The van der Waals surface area contributed by atoms with Crippen molar-refractivity contribution in [2.75, 3.05) is 5.32 Å². The maximum Gasteiger partial charge on any atom is 0.251 e. The number of benzene rings is 1. The lowest BCUT2D eigenvalue weighted by Crippen LogP contribution is -2.26. The Labute approximate surface area is 154 Å². The summed E-state index contributed by atoms with van der Waals surface area (Å²) in [7, 11) is 0. The van der Waals surface area contributed by atoms with Gasteiger partial charge < -0.3 is 0 Å². The van der Waals surface area contributed by atoms with Crippen LogP contribution in [0.15, 0.2) is 43.0 Å². The summed E-state index contributed by atoms with van der Waals surface area (Å²) in [5, 5.41) is 12.2. The molecule has 1 amide bonds. The van der Waals surface area contributed by atoms with Gasteiger partial charge in [0, 0.05) is 11.2 Å². The van der Waals surface area contributed by atoms with Gasteiger partial charge in [-0.1, -0.05) is 42.3 Å². The standard InChI is InChI=1S/C16H16Cl2N6O/c1-2-14(24-9-13(18)7-20-24)15(25)21-16-19-10-23(22-16)8-11-3-5-12(17)6-4-11/h3-7,9-10,14H,2,8H2,1H3,(H,21,22,25). The zero-order valence-corrected chi connectivity index (χ0v) is 14.9. The van der Waals surface area contributed by atoms with Crippen LogP contribution in [0.5, 0.6) is 0 Å². The van der Waals surface area contributed by atoms with E-state index in [-0.39, 0.29) is 11.9 Å². The molecule has 2 heterocycles. The monoisotopic (exact) mass is 378 g/mol. The second-order valence-corrected chi connectivity index (χ2v) is 6.32. The van der Waals surface area contributed by atoms with Gasteiger partial charge in [-0.15, -0.1) is 5.10 Å². The van der Waals surface area contributed by atoms with Gasteiger partial charge in [-0.05, 0) is 24.1 Å². The van der Waals surface area contributed by atoms with Crippen LogP contribution < -0.4 is 5.32 Å². The van der Waals surface area contributed by atoms with Crippen molar-refractivity contribution in [1.82, 2.24) is 24.5 Å². The normalized spacial score (nSPS) is 12.1. The van der Waals surface area contributed by atoms with Crippen LogP contribution in [-0.2, 0) is 11.3 Å². The van der Waals surface area contributed by atoms with Crippen LogP contribution in [0, 0.1) is 0 Å². The number of carbonyl (C=O) groups excluding carboxylic acids is 1. The zero-order valence-electron chi connectivity index (χ0n) is 13.4. The van der Waals surface area contributed by atoms with Crippen molar-refractivity contribution in [3.05, 3.63) is 58.6 Å². The first-order chi connectivity index (χ1) is 12.0. The molecule has 3 rings (SSSR count). The van der Waals surface area contributed by atoms with Crippen molar-refractivity contribution < 1.29 is 4.79 Å². The lowest BCUT2D eigenvalue weighted by Gasteiger charge is -2.13. The van der Waals surface area contributed by atoms with E-state index in [0.29, 0.717) is 23.0 Å². The molecule has 0 fully saturated rings. The minimum absolute atomic E-state index is 0.244. The number of carbonyl (C=O) groups is 1. The molecular formula is C16H16Cl2N6O. The third-order valence-electron chi connectivity index (χ3n) is 3.61. The summed E-state index contributed by atoms with van der Waals surface area (Å²) in [6.45, 7) is 2.43. The Morgan fingerprint density at radius 2 is 2.00 bits per heavy atom. The van der Waals surface area contributed by atoms with Crippen LogP contribution in [0.3, 0.4) is 0 Å². The van der Waals surface area contributed by atoms with Crippen LogP contribution in [0.25, 0.3) is 0 Å². The number of rotatable bonds is 6. The molecule has 2 aromatic heterocycles. The fourth-order valence-electron chi connectivity index (χ4n) is 2.38. The van der Waals surface area contributed by atoms with Crippen molar-refractivity contribution in [1.29, 1.82) is 0 Å². The molecule has 0 aliphatic rings. The highest BCUT2D eigenvalue weighted by Crippen LogP contribution is 2.16. The number of halogens is 2. The topological polar surface area (TPSA) is 77.6 Å². The van der Waals surface area contributed by atoms with E-state index in [2.05, 4.69) is 20.5 Å². The average molecular weight is 379 g/mol. The van der Waals surface area contributed by atoms with E-state index in [9.17, 15) is 4.79 Å². The summed E-state index contributed by atoms with van der Waals surface area (Å²) < 4.78 is 3.17. The average Bonchev–Trinajstić information content (AvgIpc) is 3.20. The van der Waals surface area contributed by atoms with Gasteiger partial charge in [-0.2, -0.15) is 5.10 Å². The van der Waals surface area contributed by atoms with Gasteiger partial charge in [0.05, 0.1) is 17.8 Å². The largest absolute Gasteiger partial charge is 0.291 e. The quantitative estimate of drug-likeness (QED) is 0.712. The van der Waals surface area contributed by atoms with Crippen LogP contribution in [0.2, 0.25) is 10.0 Å². The maximum atomic E-state index is 12.4. The number of amides is 1. The molecule has 130 valence electrons. The molecule has 9 heteroatoms. The first-order valence-corrected chi connectivity index (χ1v) is 8.45. The lowest BCUT2D eigenvalue weighted by molar-refractivity contribution is -0.119. The van der Waals surface area contributed by atoms with E-state index in [1.54, 1.807) is 17.2 Å². The molecule has 0 radical (unpaired) electrons. The molecule has 1 atom stereocenters. The van der Waals surface area contributed by atoms with Gasteiger partial charge in [0.25, 0.3) is 5.91 Å². The fourth-order valence-corrected chi connectivity index (χ4v) is 2.65. The Morgan fingerprint density at radius 1 is 1.24 bits per heavy atom. The van der Waals surface area contributed by atoms with Crippen molar-refractivity contribution in [2.24, 2.45) is 0 Å². The van der Waals surface area contributed by atoms with Gasteiger partial charge in [0.1, 0.15) is 12.4 Å². The maximum absolute atomic E-state index is 12.4. The molecule has 0 bridgehead atoms. The smallest absolute Gasteiger partial charge is 0.251 e. The highest BCUT2D eigenvalue weighted by atomic mass is 35.5. The highest BCUT2D eigenvalue weighted by Gasteiger charge is 2.20. The molecule has 1 N–H and O–H groups in total. The molecule has 0 spiro atoms. The van der Waals surface area contributed by atoms with Crippen molar-refractivity contribution in [3.63, 3.8) is 0 Å². The molecule has 0 aliphatic carbocycles. The van der Waals surface area contributed by atoms with Crippen molar-refractivity contribution in [2.45, 2.75) is 25.9 Å². The molecule has 3 aromatic rings. The third-order valence-corrected chi connectivity index (χ3v) is 4.06. The van der Waals surface area contributed by atoms with E-state index in [1.807, 2.05) is 31.2 Å². The van der Waals surface area contributed by atoms with Crippen LogP contribution >= 0.6 is 23.2 Å². The summed E-state index contributed by atoms with van der Waals surface area (Å²) in [6.07, 6.45) is 5.24. The van der Waals surface area contributed by atoms with Crippen LogP contribution in [0.4, 0.5) is 5.95 Å². The van der Waals surface area contributed by atoms with Crippen molar-refractivity contribution in [3.8, 4) is 0 Å². The predicted octanol–water partition coefficient (Wildman–Crippen LogP) is 3.42. The summed E-state index contributed by atoms with van der Waals surface area (Å²) >= 11 is 11.7. The Balaban J connectivity index is 1.65. The van der Waals surface area contributed by atoms with Gasteiger partial charge in [-0.3, -0.25) is 14.8 Å². The number of nitrogens with zero attached hydrogens (tertiary/aromatic N) is 5. The Morgan fingerprint density at radius 3 is 2.64 bits per heavy atom. The number of aromatic nitrogens is 5. The third kappa shape index (κ3) is 4.37. The Hall–Kier alpha value is -2.38. The van der Waals surface area contributed by atoms with E-state index in [1.165, 1.54) is 10.9 Å². The van der Waals surface area contributed by atoms with Crippen LogP contribution in [0.1, 0.15) is 24.9 Å². The van der Waals surface area contributed by atoms with E-state index < -0.39 is 6.04 Å². The summed E-state index contributed by atoms with van der Waals surface area (Å²) in [4.78, 5) is 16.6. The number of anilines is 1. The molecule has 7 nitrogen and oxygen atoms in total. The van der Waals surface area contributed by atoms with Crippen LogP contribution in [-0.4, -0.2) is 30.5 Å². The predicted molar refractivity (Wildman–Crippen MR) is 95.8 cm³/mol. The first kappa shape index (κ1) is 17.4. The Bertz CT molecular complexity index is 858. The van der Waals surface area contributed by atoms with E-state index in [0.717, 1.165) is 5.56 Å².